The number of halogens is 1. The van der Waals surface area contributed by atoms with Crippen LogP contribution in [0.5, 0.6) is 11.5 Å². The minimum absolute atomic E-state index is 0.137. The second-order valence-electron chi connectivity index (χ2n) is 7.00. The number of benzene rings is 3. The number of hydrogen-bond acceptors (Lipinski definition) is 4. The minimum atomic E-state index is -0.266. The van der Waals surface area contributed by atoms with Crippen LogP contribution in [0.2, 0.25) is 5.02 Å². The van der Waals surface area contributed by atoms with Crippen LogP contribution in [0.1, 0.15) is 5.56 Å². The van der Waals surface area contributed by atoms with Crippen molar-refractivity contribution >= 4 is 34.1 Å². The lowest BCUT2D eigenvalue weighted by atomic mass is 10.1. The summed E-state index contributed by atoms with van der Waals surface area (Å²) in [5, 5.41) is 4.29. The summed E-state index contributed by atoms with van der Waals surface area (Å²) < 4.78 is 11.2. The minimum Gasteiger partial charge on any atom is -0.497 e. The van der Waals surface area contributed by atoms with E-state index in [1.807, 2.05) is 67.6 Å². The highest BCUT2D eigenvalue weighted by molar-refractivity contribution is 6.31. The lowest BCUT2D eigenvalue weighted by Gasteiger charge is -2.13. The number of anilines is 1. The Morgan fingerprint density at radius 2 is 1.81 bits per heavy atom. The first-order chi connectivity index (χ1) is 15.0. The van der Waals surface area contributed by atoms with Gasteiger partial charge in [-0.05, 0) is 61.0 Å². The molecule has 0 aliphatic rings. The molecular formula is C25H21ClN2O3. The van der Waals surface area contributed by atoms with E-state index in [2.05, 4.69) is 5.32 Å². The molecule has 4 aromatic rings. The fourth-order valence-corrected chi connectivity index (χ4v) is 3.42. The number of carbonyl (C=O) groups excluding carboxylic acids is 1. The molecule has 0 aliphatic carbocycles. The molecule has 31 heavy (non-hydrogen) atoms. The molecule has 0 saturated carbocycles. The SMILES string of the molecule is COc1ccc(-c2cc(OCC(=O)Nc3cccc(Cl)c3C)c3ccccc3n2)cc1. The first kappa shape index (κ1) is 20.7. The monoisotopic (exact) mass is 432 g/mol. The van der Waals surface area contributed by atoms with E-state index < -0.39 is 0 Å². The zero-order valence-corrected chi connectivity index (χ0v) is 17.9. The van der Waals surface area contributed by atoms with Crippen molar-refractivity contribution in [3.63, 3.8) is 0 Å². The highest BCUT2D eigenvalue weighted by atomic mass is 35.5. The predicted molar refractivity (Wildman–Crippen MR) is 124 cm³/mol. The van der Waals surface area contributed by atoms with Gasteiger partial charge >= 0.3 is 0 Å². The number of para-hydroxylation sites is 1. The highest BCUT2D eigenvalue weighted by Crippen LogP contribution is 2.31. The van der Waals surface area contributed by atoms with E-state index >= 15 is 0 Å². The molecule has 0 aliphatic heterocycles. The zero-order chi connectivity index (χ0) is 21.8. The van der Waals surface area contributed by atoms with Crippen LogP contribution in [0.15, 0.2) is 72.8 Å². The van der Waals surface area contributed by atoms with E-state index in [9.17, 15) is 4.79 Å². The molecule has 0 fully saturated rings. The van der Waals surface area contributed by atoms with Crippen LogP contribution < -0.4 is 14.8 Å². The summed E-state index contributed by atoms with van der Waals surface area (Å²) in [5.41, 5.74) is 3.95. The molecule has 0 bridgehead atoms. The first-order valence-corrected chi connectivity index (χ1v) is 10.1. The number of pyridine rings is 1. The van der Waals surface area contributed by atoms with Crippen molar-refractivity contribution in [2.75, 3.05) is 19.0 Å². The quantitative estimate of drug-likeness (QED) is 0.412. The topological polar surface area (TPSA) is 60.5 Å². The van der Waals surface area contributed by atoms with Crippen molar-refractivity contribution in [2.24, 2.45) is 0 Å². The Kier molecular flexibility index (Phi) is 6.05. The molecule has 1 amide bonds. The van der Waals surface area contributed by atoms with Crippen molar-refractivity contribution in [3.05, 3.63) is 83.4 Å². The van der Waals surface area contributed by atoms with Crippen LogP contribution in [0.3, 0.4) is 0 Å². The average molecular weight is 433 g/mol. The molecular weight excluding hydrogens is 412 g/mol. The molecule has 0 spiro atoms. The average Bonchev–Trinajstić information content (AvgIpc) is 2.80. The molecule has 5 nitrogen and oxygen atoms in total. The Morgan fingerprint density at radius 1 is 1.03 bits per heavy atom. The third kappa shape index (κ3) is 4.62. The maximum absolute atomic E-state index is 12.5. The van der Waals surface area contributed by atoms with E-state index in [0.29, 0.717) is 16.5 Å². The van der Waals surface area contributed by atoms with Gasteiger partial charge in [-0.3, -0.25) is 4.79 Å². The third-order valence-electron chi connectivity index (χ3n) is 4.96. The van der Waals surface area contributed by atoms with Crippen LogP contribution in [0.4, 0.5) is 5.69 Å². The lowest BCUT2D eigenvalue weighted by molar-refractivity contribution is -0.118. The first-order valence-electron chi connectivity index (χ1n) is 9.77. The van der Waals surface area contributed by atoms with E-state index in [4.69, 9.17) is 26.1 Å². The Morgan fingerprint density at radius 3 is 2.58 bits per heavy atom. The van der Waals surface area contributed by atoms with Gasteiger partial charge < -0.3 is 14.8 Å². The summed E-state index contributed by atoms with van der Waals surface area (Å²) in [6.07, 6.45) is 0. The molecule has 1 N–H and O–H groups in total. The van der Waals surface area contributed by atoms with Gasteiger partial charge in [0.2, 0.25) is 0 Å². The van der Waals surface area contributed by atoms with Gasteiger partial charge in [0, 0.05) is 27.7 Å². The Bertz CT molecular complexity index is 1240. The number of carbonyl (C=O) groups is 1. The van der Waals surface area contributed by atoms with Crippen molar-refractivity contribution < 1.29 is 14.3 Å². The number of nitrogens with one attached hydrogen (secondary N) is 1. The smallest absolute Gasteiger partial charge is 0.262 e. The van der Waals surface area contributed by atoms with Crippen LogP contribution in [-0.2, 0) is 4.79 Å². The number of ether oxygens (including phenoxy) is 2. The van der Waals surface area contributed by atoms with Crippen molar-refractivity contribution in [1.82, 2.24) is 4.98 Å². The van der Waals surface area contributed by atoms with Crippen LogP contribution in [0.25, 0.3) is 22.2 Å². The number of hydrogen-bond donors (Lipinski definition) is 1. The number of fused-ring (bicyclic) bond motifs is 1. The molecule has 6 heteroatoms. The van der Waals surface area contributed by atoms with E-state index in [1.165, 1.54) is 0 Å². The highest BCUT2D eigenvalue weighted by Gasteiger charge is 2.12. The van der Waals surface area contributed by atoms with E-state index in [-0.39, 0.29) is 12.5 Å². The van der Waals surface area contributed by atoms with Gasteiger partial charge in [0.05, 0.1) is 18.3 Å². The molecule has 0 unspecified atom stereocenters. The fourth-order valence-electron chi connectivity index (χ4n) is 3.25. The standard InChI is InChI=1S/C25H21ClN2O3/c1-16-20(26)7-5-9-21(16)28-25(29)15-31-24-14-23(17-10-12-18(30-2)13-11-17)27-22-8-4-3-6-19(22)24/h3-14H,15H2,1-2H3,(H,28,29). The Hall–Kier alpha value is -3.57. The van der Waals surface area contributed by atoms with Gasteiger partial charge in [-0.25, -0.2) is 4.98 Å². The summed E-state index contributed by atoms with van der Waals surface area (Å²) in [5.74, 6) is 1.10. The van der Waals surface area contributed by atoms with E-state index in [1.54, 1.807) is 19.2 Å². The van der Waals surface area contributed by atoms with Crippen LogP contribution in [-0.4, -0.2) is 24.6 Å². The third-order valence-corrected chi connectivity index (χ3v) is 5.37. The molecule has 0 saturated heterocycles. The Labute approximate surface area is 185 Å². The molecule has 1 heterocycles. The summed E-state index contributed by atoms with van der Waals surface area (Å²) in [4.78, 5) is 17.2. The number of methoxy groups -OCH3 is 1. The van der Waals surface area contributed by atoms with Crippen molar-refractivity contribution in [2.45, 2.75) is 6.92 Å². The number of aromatic nitrogens is 1. The van der Waals surface area contributed by atoms with Gasteiger partial charge in [0.25, 0.3) is 5.91 Å². The molecule has 1 aromatic heterocycles. The summed E-state index contributed by atoms with van der Waals surface area (Å²) >= 11 is 6.13. The summed E-state index contributed by atoms with van der Waals surface area (Å²) in [7, 11) is 1.63. The molecule has 3 aromatic carbocycles. The van der Waals surface area contributed by atoms with Gasteiger partial charge in [-0.1, -0.05) is 29.8 Å². The normalized spacial score (nSPS) is 10.7. The second kappa shape index (κ2) is 9.06. The van der Waals surface area contributed by atoms with Gasteiger partial charge in [0.1, 0.15) is 11.5 Å². The maximum Gasteiger partial charge on any atom is 0.262 e. The molecule has 0 atom stereocenters. The van der Waals surface area contributed by atoms with Gasteiger partial charge in [-0.2, -0.15) is 0 Å². The Balaban J connectivity index is 1.58. The number of rotatable bonds is 6. The summed E-state index contributed by atoms with van der Waals surface area (Å²) in [6, 6.07) is 22.6. The molecule has 156 valence electrons. The van der Waals surface area contributed by atoms with E-state index in [0.717, 1.165) is 33.5 Å². The van der Waals surface area contributed by atoms with Gasteiger partial charge in [0.15, 0.2) is 6.61 Å². The van der Waals surface area contributed by atoms with Crippen LogP contribution >= 0.6 is 11.6 Å². The molecule has 4 rings (SSSR count). The lowest BCUT2D eigenvalue weighted by Crippen LogP contribution is -2.20. The van der Waals surface area contributed by atoms with Crippen molar-refractivity contribution in [3.8, 4) is 22.8 Å². The second-order valence-corrected chi connectivity index (χ2v) is 7.41. The molecule has 0 radical (unpaired) electrons. The number of amides is 1. The number of nitrogens with zero attached hydrogens (tertiary/aromatic N) is 1. The van der Waals surface area contributed by atoms with Crippen LogP contribution in [0, 0.1) is 6.92 Å². The van der Waals surface area contributed by atoms with Crippen molar-refractivity contribution in [1.29, 1.82) is 0 Å². The predicted octanol–water partition coefficient (Wildman–Crippen LogP) is 5.89. The summed E-state index contributed by atoms with van der Waals surface area (Å²) in [6.45, 7) is 1.72. The maximum atomic E-state index is 12.5. The van der Waals surface area contributed by atoms with Gasteiger partial charge in [-0.15, -0.1) is 0 Å². The largest absolute Gasteiger partial charge is 0.497 e. The fraction of sp³-hybridized carbons (Fsp3) is 0.120. The zero-order valence-electron chi connectivity index (χ0n) is 17.2.